The number of nitrogens with one attached hydrogen (secondary N) is 3. The number of thioether (sulfide) groups is 2. The molecule has 24 nitrogen and oxygen atoms in total. The molecule has 6 aliphatic heterocycles. The number of esters is 3. The molecule has 6 aliphatic rings. The summed E-state index contributed by atoms with van der Waals surface area (Å²) in [6.07, 6.45) is 5.28. The number of ether oxygens (including phenoxy) is 3. The van der Waals surface area contributed by atoms with Crippen LogP contribution in [0.15, 0.2) is 155 Å². The highest BCUT2D eigenvalue weighted by Gasteiger charge is 2.42. The van der Waals surface area contributed by atoms with Gasteiger partial charge in [0.15, 0.2) is 32.5 Å². The Hall–Kier alpha value is -7.47. The van der Waals surface area contributed by atoms with Gasteiger partial charge in [0, 0.05) is 145 Å². The van der Waals surface area contributed by atoms with Crippen molar-refractivity contribution in [3.8, 4) is 0 Å². The maximum Gasteiger partial charge on any atom is 0.338 e. The molecule has 6 aromatic rings. The normalized spacial score (nSPS) is 21.0. The first-order chi connectivity index (χ1) is 49.0. The quantitative estimate of drug-likeness (QED) is 0.0222. The number of hydrogen-bond donors (Lipinski definition) is 6. The first-order valence-electron chi connectivity index (χ1n) is 31.6. The van der Waals surface area contributed by atoms with Crippen molar-refractivity contribution < 1.29 is 67.1 Å². The van der Waals surface area contributed by atoms with Crippen LogP contribution in [-0.2, 0) is 43.0 Å². The van der Waals surface area contributed by atoms with Gasteiger partial charge in [-0.05, 0) is 69.2 Å². The summed E-state index contributed by atoms with van der Waals surface area (Å²) < 4.78 is 44.1. The number of thiazole rings is 3. The number of aliphatic carboxylic acids is 3. The Balaban J connectivity index is 0.000000165. The second kappa shape index (κ2) is 35.8. The van der Waals surface area contributed by atoms with Crippen LogP contribution in [0.4, 0.5) is 8.78 Å². The minimum absolute atomic E-state index is 0.119. The number of nitrogens with zero attached hydrogens (tertiary/aromatic N) is 9. The molecule has 6 atom stereocenters. The molecule has 0 amide bonds. The standard InChI is InChI=1S/C23H22BrFN4O4S.C22H22Cl2N4O4S2.C22H22ClFN4O4S2/c1-3-33-23(32)18-16(11-29-10-12(2)8-17(29)22(30)31)27-20(21-26-6-7-34-21)28-19(18)14-5-4-13(25)9-15(14)24;1-2-32-22(31)17-15(10-28-6-8-33-11-16(28)21(29)30)26-19(20-25-5-7-34-20)27-18(17)13-4-3-12(23)9-14(13)24;1-2-32-22(31)17-15(10-28-6-8-33-11-16(28)21(29)30)26-19(20-25-5-7-34-20)27-18(17)13-4-3-12(24)9-14(13)23/h4-7,9,17,19H,2-3,8,10-11H2,1H3,(H,27,28)(H,30,31);2*3-5,7,9,16,18H,2,6,8,10-11H2,1H3,(H,26,27)(H,29,30)/t17-,19-;2*16-,18-/m000/s1. The fourth-order valence-electron chi connectivity index (χ4n) is 11.7. The summed E-state index contributed by atoms with van der Waals surface area (Å²) in [5.74, 6) is -1.64. The Bertz CT molecular complexity index is 4160. The predicted molar refractivity (Wildman–Crippen MR) is 394 cm³/mol. The molecule has 3 saturated heterocycles. The number of carbonyl (C=O) groups excluding carboxylic acids is 3. The van der Waals surface area contributed by atoms with E-state index in [9.17, 15) is 52.9 Å². The van der Waals surface area contributed by atoms with Gasteiger partial charge in [0.1, 0.15) is 47.9 Å². The van der Waals surface area contributed by atoms with Gasteiger partial charge in [-0.2, -0.15) is 23.5 Å². The lowest BCUT2D eigenvalue weighted by atomic mass is 9.95. The van der Waals surface area contributed by atoms with E-state index in [1.165, 1.54) is 64.3 Å². The summed E-state index contributed by atoms with van der Waals surface area (Å²) in [4.78, 5) is 108. The predicted octanol–water partition coefficient (Wildman–Crippen LogP) is 10.9. The Morgan fingerprint density at radius 2 is 0.941 bits per heavy atom. The van der Waals surface area contributed by atoms with E-state index >= 15 is 0 Å². The summed E-state index contributed by atoms with van der Waals surface area (Å²) >= 11 is 29.7. The van der Waals surface area contributed by atoms with Crippen LogP contribution in [0.2, 0.25) is 15.1 Å². The highest BCUT2D eigenvalue weighted by molar-refractivity contribution is 9.10. The Morgan fingerprint density at radius 3 is 1.31 bits per heavy atom. The molecule has 0 spiro atoms. The van der Waals surface area contributed by atoms with Gasteiger partial charge in [0.05, 0.1) is 36.5 Å². The Kier molecular flexibility index (Phi) is 27.1. The number of carboxylic acids is 3. The molecular weight excluding hydrogens is 1550 g/mol. The molecule has 3 aromatic carbocycles. The average Bonchev–Trinajstić information content (AvgIpc) is 1.05. The highest BCUT2D eigenvalue weighted by atomic mass is 79.9. The second-order valence-electron chi connectivity index (χ2n) is 22.9. The van der Waals surface area contributed by atoms with Gasteiger partial charge < -0.3 is 45.5 Å². The second-order valence-corrected chi connectivity index (χ2v) is 30.0. The zero-order chi connectivity index (χ0) is 72.9. The minimum Gasteiger partial charge on any atom is -0.480 e. The van der Waals surface area contributed by atoms with E-state index in [1.807, 2.05) is 15.2 Å². The van der Waals surface area contributed by atoms with Gasteiger partial charge in [-0.1, -0.05) is 81.1 Å². The van der Waals surface area contributed by atoms with Gasteiger partial charge >= 0.3 is 35.8 Å². The van der Waals surface area contributed by atoms with Crippen molar-refractivity contribution >= 4 is 162 Å². The minimum atomic E-state index is -0.959. The summed E-state index contributed by atoms with van der Waals surface area (Å²) in [6, 6.07) is 8.50. The number of rotatable bonds is 21. The summed E-state index contributed by atoms with van der Waals surface area (Å²) in [5.41, 5.74) is 4.55. The van der Waals surface area contributed by atoms with E-state index < -0.39 is 83.7 Å². The molecular formula is C67H66BrCl3F2N12O12S5. The maximum atomic E-state index is 13.8. The molecule has 3 fully saturated rings. The molecule has 35 heteroatoms. The largest absolute Gasteiger partial charge is 0.480 e. The van der Waals surface area contributed by atoms with Crippen LogP contribution in [0.3, 0.4) is 0 Å². The molecule has 0 saturated carbocycles. The van der Waals surface area contributed by atoms with Gasteiger partial charge in [0.25, 0.3) is 0 Å². The summed E-state index contributed by atoms with van der Waals surface area (Å²) in [6.45, 7) is 11.5. The maximum absolute atomic E-state index is 13.8. The van der Waals surface area contributed by atoms with E-state index in [4.69, 9.17) is 64.0 Å². The number of aromatic nitrogens is 3. The summed E-state index contributed by atoms with van der Waals surface area (Å²) in [7, 11) is 0. The molecule has 0 aliphatic carbocycles. The van der Waals surface area contributed by atoms with Gasteiger partial charge in [-0.25, -0.2) is 38.1 Å². The van der Waals surface area contributed by atoms with Crippen molar-refractivity contribution in [2.24, 2.45) is 15.0 Å². The Labute approximate surface area is 628 Å². The lowest BCUT2D eigenvalue weighted by Crippen LogP contribution is -2.50. The smallest absolute Gasteiger partial charge is 0.338 e. The molecule has 9 heterocycles. The molecule has 0 bridgehead atoms. The SMILES string of the molecule is C=C1C[C@@H](C(=O)O)N(CC2=C(C(=O)OCC)[C@H](c3ccc(F)cc3Br)N=C(c3nccs3)N2)C1.CCOC(=O)C1=C(CN2CCSC[C@H]2C(=O)O)NC(c2nccs2)=N[C@H]1c1ccc(Cl)cc1Cl.CCOC(=O)C1=C(CN2CCSC[C@H]2C(=O)O)NC(c2nccs2)=N[C@H]1c1ccc(F)cc1Cl. The van der Waals surface area contributed by atoms with E-state index in [-0.39, 0.29) is 61.2 Å². The first-order valence-corrected chi connectivity index (χ1v) is 38.4. The van der Waals surface area contributed by atoms with Crippen molar-refractivity contribution in [3.05, 3.63) is 198 Å². The number of likely N-dealkylation sites (tertiary alicyclic amines) is 1. The topological polar surface area (TPSA) is 312 Å². The third-order valence-corrected chi connectivity index (χ3v) is 22.3. The molecule has 3 aromatic heterocycles. The van der Waals surface area contributed by atoms with Crippen molar-refractivity contribution in [2.75, 3.05) is 82.1 Å². The molecule has 102 heavy (non-hydrogen) atoms. The fraction of sp³-hybridized carbons (Fsp3) is 0.343. The lowest BCUT2D eigenvalue weighted by molar-refractivity contribution is -0.143. The number of amidine groups is 3. The number of benzene rings is 3. The highest BCUT2D eigenvalue weighted by Crippen LogP contribution is 2.42. The van der Waals surface area contributed by atoms with Crippen molar-refractivity contribution in [3.63, 3.8) is 0 Å². The van der Waals surface area contributed by atoms with Gasteiger partial charge in [0.2, 0.25) is 0 Å². The number of carboxylic acid groups (broad SMARTS) is 3. The van der Waals surface area contributed by atoms with Crippen LogP contribution in [0.5, 0.6) is 0 Å². The Morgan fingerprint density at radius 1 is 0.559 bits per heavy atom. The first kappa shape index (κ1) is 77.2. The van der Waals surface area contributed by atoms with Crippen molar-refractivity contribution in [2.45, 2.75) is 63.4 Å². The molecule has 0 unspecified atom stereocenters. The van der Waals surface area contributed by atoms with Crippen molar-refractivity contribution in [1.29, 1.82) is 0 Å². The van der Waals surface area contributed by atoms with Gasteiger partial charge in [-0.15, -0.1) is 34.0 Å². The average molecular weight is 1620 g/mol. The monoisotopic (exact) mass is 1610 g/mol. The lowest BCUT2D eigenvalue weighted by Gasteiger charge is -2.35. The van der Waals surface area contributed by atoms with Crippen LogP contribution < -0.4 is 16.0 Å². The molecule has 6 N–H and O–H groups in total. The van der Waals surface area contributed by atoms with Crippen LogP contribution in [-0.4, -0.2) is 199 Å². The fourth-order valence-corrected chi connectivity index (χ4v) is 17.0. The number of hydrogen-bond acceptors (Lipinski definition) is 26. The molecule has 12 rings (SSSR count). The van der Waals surface area contributed by atoms with E-state index in [0.29, 0.717) is 118 Å². The summed E-state index contributed by atoms with van der Waals surface area (Å²) in [5, 5.41) is 47.0. The van der Waals surface area contributed by atoms with E-state index in [1.54, 1.807) is 103 Å². The van der Waals surface area contributed by atoms with Crippen LogP contribution in [0.25, 0.3) is 0 Å². The van der Waals surface area contributed by atoms with E-state index in [2.05, 4.69) is 53.4 Å². The van der Waals surface area contributed by atoms with Crippen LogP contribution in [0.1, 0.15) is 77.0 Å². The zero-order valence-corrected chi connectivity index (χ0v) is 62.5. The number of halogens is 6. The number of carbonyl (C=O) groups is 6. The third kappa shape index (κ3) is 18.7. The molecule has 538 valence electrons. The zero-order valence-electron chi connectivity index (χ0n) is 54.6. The van der Waals surface area contributed by atoms with Crippen LogP contribution in [0, 0.1) is 11.6 Å². The van der Waals surface area contributed by atoms with Crippen molar-refractivity contribution in [1.82, 2.24) is 45.6 Å². The molecule has 0 radical (unpaired) electrons. The van der Waals surface area contributed by atoms with E-state index in [0.717, 1.165) is 17.1 Å². The van der Waals surface area contributed by atoms with Gasteiger partial charge in [-0.3, -0.25) is 44.1 Å². The third-order valence-electron chi connectivity index (χ3n) is 16.3. The number of aliphatic imine (C=N–C) groups is 3. The van der Waals surface area contributed by atoms with Crippen LogP contribution >= 0.6 is 108 Å².